The van der Waals surface area contributed by atoms with Crippen LogP contribution in [-0.2, 0) is 9.53 Å². The Morgan fingerprint density at radius 3 is 2.68 bits per heavy atom. The first kappa shape index (κ1) is 16.0. The Kier molecular flexibility index (Phi) is 5.16. The van der Waals surface area contributed by atoms with Crippen molar-refractivity contribution in [2.24, 2.45) is 0 Å². The lowest BCUT2D eigenvalue weighted by atomic mass is 10.2. The van der Waals surface area contributed by atoms with Gasteiger partial charge in [-0.25, -0.2) is 4.79 Å². The number of nitrogens with one attached hydrogen (secondary N) is 1. The molecule has 2 aromatic carbocycles. The molecule has 2 rings (SSSR count). The highest BCUT2D eigenvalue weighted by Gasteiger charge is 2.11. The smallest absolute Gasteiger partial charge is 0.338 e. The number of halogens is 1. The number of amides is 1. The molecule has 0 saturated carbocycles. The van der Waals surface area contributed by atoms with E-state index in [0.717, 1.165) is 10.0 Å². The summed E-state index contributed by atoms with van der Waals surface area (Å²) in [5.41, 5.74) is 1.79. The number of esters is 1. The van der Waals surface area contributed by atoms with E-state index in [1.807, 2.05) is 13.0 Å². The van der Waals surface area contributed by atoms with Crippen molar-refractivity contribution >= 4 is 33.5 Å². The fraction of sp³-hybridized carbons (Fsp3) is 0.125. The SMILES string of the molecule is Cc1cc(NC(=O)COC(=O)c2cccc(O)c2)ccc1Br. The third kappa shape index (κ3) is 4.33. The fourth-order valence-electron chi connectivity index (χ4n) is 1.77. The first-order valence-electron chi connectivity index (χ1n) is 6.48. The lowest BCUT2D eigenvalue weighted by Gasteiger charge is -2.08. The van der Waals surface area contributed by atoms with Gasteiger partial charge < -0.3 is 15.2 Å². The lowest BCUT2D eigenvalue weighted by Crippen LogP contribution is -2.20. The molecule has 22 heavy (non-hydrogen) atoms. The van der Waals surface area contributed by atoms with E-state index in [1.54, 1.807) is 12.1 Å². The van der Waals surface area contributed by atoms with Crippen molar-refractivity contribution in [3.8, 4) is 5.75 Å². The van der Waals surface area contributed by atoms with Gasteiger partial charge in [-0.15, -0.1) is 0 Å². The van der Waals surface area contributed by atoms with Gasteiger partial charge in [-0.3, -0.25) is 4.79 Å². The van der Waals surface area contributed by atoms with Crippen LogP contribution in [0.3, 0.4) is 0 Å². The van der Waals surface area contributed by atoms with Crippen LogP contribution in [0.15, 0.2) is 46.9 Å². The molecule has 0 spiro atoms. The summed E-state index contributed by atoms with van der Waals surface area (Å²) in [5.74, 6) is -1.14. The van der Waals surface area contributed by atoms with Gasteiger partial charge >= 0.3 is 5.97 Å². The monoisotopic (exact) mass is 363 g/mol. The molecular formula is C16H14BrNO4. The first-order chi connectivity index (χ1) is 10.5. The summed E-state index contributed by atoms with van der Waals surface area (Å²) in [7, 11) is 0. The van der Waals surface area contributed by atoms with Crippen LogP contribution in [0, 0.1) is 6.92 Å². The van der Waals surface area contributed by atoms with E-state index in [0.29, 0.717) is 5.69 Å². The van der Waals surface area contributed by atoms with Gasteiger partial charge in [0.1, 0.15) is 5.75 Å². The second-order valence-electron chi connectivity index (χ2n) is 4.64. The predicted molar refractivity (Wildman–Crippen MR) is 85.9 cm³/mol. The number of carbonyl (C=O) groups is 2. The summed E-state index contributed by atoms with van der Waals surface area (Å²) in [6.07, 6.45) is 0. The van der Waals surface area contributed by atoms with Gasteiger partial charge in [0.15, 0.2) is 6.61 Å². The van der Waals surface area contributed by atoms with Crippen molar-refractivity contribution in [3.05, 3.63) is 58.1 Å². The van der Waals surface area contributed by atoms with Crippen LogP contribution >= 0.6 is 15.9 Å². The van der Waals surface area contributed by atoms with Crippen LogP contribution in [0.4, 0.5) is 5.69 Å². The van der Waals surface area contributed by atoms with Crippen molar-refractivity contribution in [1.82, 2.24) is 0 Å². The molecule has 0 aliphatic heterocycles. The molecular weight excluding hydrogens is 350 g/mol. The zero-order valence-electron chi connectivity index (χ0n) is 11.8. The molecule has 1 amide bonds. The van der Waals surface area contributed by atoms with E-state index in [9.17, 15) is 14.7 Å². The maximum atomic E-state index is 11.8. The highest BCUT2D eigenvalue weighted by atomic mass is 79.9. The molecule has 0 saturated heterocycles. The van der Waals surface area contributed by atoms with Gasteiger partial charge in [-0.2, -0.15) is 0 Å². The molecule has 5 nitrogen and oxygen atoms in total. The van der Waals surface area contributed by atoms with Gasteiger partial charge in [0.05, 0.1) is 5.56 Å². The number of aryl methyl sites for hydroxylation is 1. The molecule has 0 radical (unpaired) electrons. The van der Waals surface area contributed by atoms with Crippen molar-refractivity contribution < 1.29 is 19.4 Å². The number of hydrogen-bond donors (Lipinski definition) is 2. The molecule has 0 heterocycles. The number of carbonyl (C=O) groups excluding carboxylic acids is 2. The minimum absolute atomic E-state index is 0.0377. The summed E-state index contributed by atoms with van der Waals surface area (Å²) in [4.78, 5) is 23.5. The first-order valence-corrected chi connectivity index (χ1v) is 7.27. The molecule has 0 aliphatic carbocycles. The van der Waals surface area contributed by atoms with Crippen LogP contribution < -0.4 is 5.32 Å². The average Bonchev–Trinajstić information content (AvgIpc) is 2.48. The molecule has 2 aromatic rings. The average molecular weight is 364 g/mol. The zero-order valence-corrected chi connectivity index (χ0v) is 13.4. The fourth-order valence-corrected chi connectivity index (χ4v) is 2.01. The van der Waals surface area contributed by atoms with Crippen LogP contribution in [0.25, 0.3) is 0 Å². The van der Waals surface area contributed by atoms with Gasteiger partial charge in [0.2, 0.25) is 0 Å². The van der Waals surface area contributed by atoms with E-state index in [4.69, 9.17) is 4.74 Å². The van der Waals surface area contributed by atoms with Crippen LogP contribution in [-0.4, -0.2) is 23.6 Å². The topological polar surface area (TPSA) is 75.6 Å². The number of benzene rings is 2. The Labute approximate surface area is 136 Å². The lowest BCUT2D eigenvalue weighted by molar-refractivity contribution is -0.119. The highest BCUT2D eigenvalue weighted by molar-refractivity contribution is 9.10. The van der Waals surface area contributed by atoms with Crippen LogP contribution in [0.1, 0.15) is 15.9 Å². The van der Waals surface area contributed by atoms with E-state index in [-0.39, 0.29) is 11.3 Å². The Balaban J connectivity index is 1.90. The van der Waals surface area contributed by atoms with Crippen molar-refractivity contribution in [2.75, 3.05) is 11.9 Å². The molecule has 0 aromatic heterocycles. The number of phenols is 1. The number of phenolic OH excluding ortho intramolecular Hbond substituents is 1. The van der Waals surface area contributed by atoms with E-state index >= 15 is 0 Å². The number of ether oxygens (including phenoxy) is 1. The zero-order chi connectivity index (χ0) is 16.1. The van der Waals surface area contributed by atoms with E-state index in [1.165, 1.54) is 24.3 Å². The normalized spacial score (nSPS) is 10.1. The van der Waals surface area contributed by atoms with Crippen molar-refractivity contribution in [3.63, 3.8) is 0 Å². The number of hydrogen-bond acceptors (Lipinski definition) is 4. The quantitative estimate of drug-likeness (QED) is 0.817. The summed E-state index contributed by atoms with van der Waals surface area (Å²) in [5, 5.41) is 11.9. The Bertz CT molecular complexity index is 715. The molecule has 2 N–H and O–H groups in total. The molecule has 0 aliphatic rings. The summed E-state index contributed by atoms with van der Waals surface area (Å²) >= 11 is 3.37. The van der Waals surface area contributed by atoms with Crippen LogP contribution in [0.5, 0.6) is 5.75 Å². The van der Waals surface area contributed by atoms with Gasteiger partial charge in [-0.05, 0) is 48.9 Å². The number of aromatic hydroxyl groups is 1. The molecule has 0 bridgehead atoms. The second kappa shape index (κ2) is 7.09. The number of rotatable bonds is 4. The largest absolute Gasteiger partial charge is 0.508 e. The third-order valence-electron chi connectivity index (χ3n) is 2.86. The summed E-state index contributed by atoms with van der Waals surface area (Å²) < 4.78 is 5.84. The Morgan fingerprint density at radius 1 is 1.23 bits per heavy atom. The molecule has 6 heteroatoms. The third-order valence-corrected chi connectivity index (χ3v) is 3.75. The Morgan fingerprint density at radius 2 is 2.00 bits per heavy atom. The second-order valence-corrected chi connectivity index (χ2v) is 5.49. The summed E-state index contributed by atoms with van der Waals surface area (Å²) in [6.45, 7) is 1.51. The van der Waals surface area contributed by atoms with Crippen molar-refractivity contribution in [2.45, 2.75) is 6.92 Å². The maximum Gasteiger partial charge on any atom is 0.338 e. The Hall–Kier alpha value is -2.34. The highest BCUT2D eigenvalue weighted by Crippen LogP contribution is 2.20. The van der Waals surface area contributed by atoms with Gasteiger partial charge in [-0.1, -0.05) is 22.0 Å². The van der Waals surface area contributed by atoms with Crippen molar-refractivity contribution in [1.29, 1.82) is 0 Å². The molecule has 0 fully saturated rings. The van der Waals surface area contributed by atoms with Gasteiger partial charge in [0.25, 0.3) is 5.91 Å². The van der Waals surface area contributed by atoms with Crippen LogP contribution in [0.2, 0.25) is 0 Å². The molecule has 114 valence electrons. The number of anilines is 1. The minimum atomic E-state index is -0.668. The van der Waals surface area contributed by atoms with Gasteiger partial charge in [0, 0.05) is 10.2 Å². The maximum absolute atomic E-state index is 11.8. The molecule has 0 unspecified atom stereocenters. The standard InChI is InChI=1S/C16H14BrNO4/c1-10-7-12(5-6-14(10)17)18-15(20)9-22-16(21)11-3-2-4-13(19)8-11/h2-8,19H,9H2,1H3,(H,18,20). The van der Waals surface area contributed by atoms with E-state index in [2.05, 4.69) is 21.2 Å². The summed E-state index contributed by atoms with van der Waals surface area (Å²) in [6, 6.07) is 11.1. The predicted octanol–water partition coefficient (Wildman–Crippen LogP) is 3.26. The molecule has 0 atom stereocenters. The van der Waals surface area contributed by atoms with E-state index < -0.39 is 18.5 Å². The minimum Gasteiger partial charge on any atom is -0.508 e.